The molecule has 9 nitrogen and oxygen atoms in total. The quantitative estimate of drug-likeness (QED) is 0.675. The lowest BCUT2D eigenvalue weighted by Crippen LogP contribution is -2.55. The summed E-state index contributed by atoms with van der Waals surface area (Å²) in [5.41, 5.74) is -0.485. The number of nitrogens with one attached hydrogen (secondary N) is 2. The smallest absolute Gasteiger partial charge is 0.239 e. The van der Waals surface area contributed by atoms with Crippen molar-refractivity contribution in [2.24, 2.45) is 11.3 Å². The monoisotopic (exact) mass is 442 g/mol. The fourth-order valence-electron chi connectivity index (χ4n) is 5.47. The third-order valence-corrected chi connectivity index (χ3v) is 7.45. The van der Waals surface area contributed by atoms with Gasteiger partial charge in [0.1, 0.15) is 0 Å². The average molecular weight is 443 g/mol. The number of hydrogen-bond acceptors (Lipinski definition) is 6. The second-order valence-electron chi connectivity index (χ2n) is 9.43. The molecule has 3 aliphatic rings. The highest BCUT2D eigenvalue weighted by molar-refractivity contribution is 5.88. The number of likely N-dealkylation sites (tertiary alicyclic amines) is 1. The molecule has 32 heavy (non-hydrogen) atoms. The SMILES string of the molecule is CC(=O)N1CCC2(CCCC[C@H]3CN(c4ncccn4)CC[C@@H]3NC(=O)CNC2=O)CC1. The number of fused-ring (bicyclic) bond motifs is 1. The van der Waals surface area contributed by atoms with Crippen LogP contribution in [0.2, 0.25) is 0 Å². The molecular weight excluding hydrogens is 408 g/mol. The molecule has 1 aromatic rings. The molecule has 2 N–H and O–H groups in total. The van der Waals surface area contributed by atoms with Crippen molar-refractivity contribution in [2.75, 3.05) is 37.6 Å². The first-order chi connectivity index (χ1) is 15.5. The van der Waals surface area contributed by atoms with Crippen LogP contribution in [0.4, 0.5) is 5.95 Å². The van der Waals surface area contributed by atoms with E-state index in [0.717, 1.165) is 51.1 Å². The van der Waals surface area contributed by atoms with Crippen LogP contribution in [-0.4, -0.2) is 71.4 Å². The van der Waals surface area contributed by atoms with Gasteiger partial charge in [0.05, 0.1) is 12.0 Å². The van der Waals surface area contributed by atoms with E-state index in [1.165, 1.54) is 0 Å². The molecular formula is C23H34N6O3. The predicted molar refractivity (Wildman–Crippen MR) is 120 cm³/mol. The Morgan fingerprint density at radius 2 is 1.81 bits per heavy atom. The van der Waals surface area contributed by atoms with Crippen LogP contribution < -0.4 is 15.5 Å². The van der Waals surface area contributed by atoms with Crippen molar-refractivity contribution in [3.8, 4) is 0 Å². The molecule has 9 heteroatoms. The van der Waals surface area contributed by atoms with E-state index in [2.05, 4.69) is 25.5 Å². The summed E-state index contributed by atoms with van der Waals surface area (Å²) < 4.78 is 0. The normalized spacial score (nSPS) is 26.9. The van der Waals surface area contributed by atoms with Crippen LogP contribution in [0.25, 0.3) is 0 Å². The molecule has 3 fully saturated rings. The Morgan fingerprint density at radius 3 is 2.53 bits per heavy atom. The number of amides is 3. The van der Waals surface area contributed by atoms with Crippen LogP contribution >= 0.6 is 0 Å². The van der Waals surface area contributed by atoms with Crippen LogP contribution in [0.3, 0.4) is 0 Å². The Balaban J connectivity index is 1.43. The van der Waals surface area contributed by atoms with Gasteiger partial charge in [-0.3, -0.25) is 14.4 Å². The number of hydrogen-bond donors (Lipinski definition) is 2. The number of rotatable bonds is 1. The molecule has 4 rings (SSSR count). The zero-order valence-corrected chi connectivity index (χ0v) is 18.9. The summed E-state index contributed by atoms with van der Waals surface area (Å²) in [6, 6.07) is 1.92. The van der Waals surface area contributed by atoms with E-state index >= 15 is 0 Å². The molecule has 4 heterocycles. The summed E-state index contributed by atoms with van der Waals surface area (Å²) in [4.78, 5) is 50.3. The molecule has 2 atom stereocenters. The summed E-state index contributed by atoms with van der Waals surface area (Å²) in [6.45, 7) is 4.41. The summed E-state index contributed by atoms with van der Waals surface area (Å²) in [6.07, 6.45) is 9.44. The van der Waals surface area contributed by atoms with E-state index in [0.29, 0.717) is 31.8 Å². The second kappa shape index (κ2) is 9.83. The standard InChI is InChI=1S/C23H34N6O3/c1-17(30)28-13-8-23(9-14-28)7-3-2-5-18-16-29(22-24-10-4-11-25-22)12-6-19(18)27-20(31)15-26-21(23)32/h4,10-11,18-19H,2-3,5-9,12-16H2,1H3,(H,26,32)(H,27,31)/t18-,19-/m0/s1. The van der Waals surface area contributed by atoms with Crippen molar-refractivity contribution in [3.63, 3.8) is 0 Å². The molecule has 3 aliphatic heterocycles. The molecule has 174 valence electrons. The molecule has 3 amide bonds. The first kappa shape index (κ1) is 22.5. The minimum Gasteiger partial charge on any atom is -0.351 e. The highest BCUT2D eigenvalue weighted by Gasteiger charge is 2.42. The van der Waals surface area contributed by atoms with Crippen LogP contribution in [0.15, 0.2) is 18.5 Å². The van der Waals surface area contributed by atoms with Crippen LogP contribution in [0.5, 0.6) is 0 Å². The highest BCUT2D eigenvalue weighted by Crippen LogP contribution is 2.38. The maximum absolute atomic E-state index is 13.1. The predicted octanol–water partition coefficient (Wildman–Crippen LogP) is 1.11. The fourth-order valence-corrected chi connectivity index (χ4v) is 5.47. The zero-order valence-electron chi connectivity index (χ0n) is 18.9. The second-order valence-corrected chi connectivity index (χ2v) is 9.43. The lowest BCUT2D eigenvalue weighted by Gasteiger charge is -2.42. The van der Waals surface area contributed by atoms with Crippen molar-refractivity contribution in [1.29, 1.82) is 0 Å². The zero-order chi connectivity index (χ0) is 22.6. The van der Waals surface area contributed by atoms with Gasteiger partial charge in [-0.25, -0.2) is 9.97 Å². The summed E-state index contributed by atoms with van der Waals surface area (Å²) in [5.74, 6) is 0.954. The molecule has 0 aromatic carbocycles. The molecule has 0 radical (unpaired) electrons. The number of carbonyl (C=O) groups is 3. The Bertz CT molecular complexity index is 824. The van der Waals surface area contributed by atoms with E-state index in [-0.39, 0.29) is 30.3 Å². The van der Waals surface area contributed by atoms with Gasteiger partial charge in [-0.05, 0) is 44.1 Å². The lowest BCUT2D eigenvalue weighted by molar-refractivity contribution is -0.140. The lowest BCUT2D eigenvalue weighted by atomic mass is 9.73. The molecule has 0 saturated carbocycles. The van der Waals surface area contributed by atoms with Crippen molar-refractivity contribution in [1.82, 2.24) is 25.5 Å². The highest BCUT2D eigenvalue weighted by atomic mass is 16.2. The van der Waals surface area contributed by atoms with Gasteiger partial charge in [-0.15, -0.1) is 0 Å². The van der Waals surface area contributed by atoms with Gasteiger partial charge in [0, 0.05) is 51.5 Å². The first-order valence-electron chi connectivity index (χ1n) is 11.8. The molecule has 1 aromatic heterocycles. The van der Waals surface area contributed by atoms with Gasteiger partial charge in [0.15, 0.2) is 0 Å². The molecule has 0 unspecified atom stereocenters. The Morgan fingerprint density at radius 1 is 1.06 bits per heavy atom. The molecule has 3 saturated heterocycles. The third kappa shape index (κ3) is 5.02. The summed E-state index contributed by atoms with van der Waals surface area (Å²) >= 11 is 0. The molecule has 0 bridgehead atoms. The third-order valence-electron chi connectivity index (χ3n) is 7.45. The topological polar surface area (TPSA) is 108 Å². The Labute approximate surface area is 189 Å². The van der Waals surface area contributed by atoms with Crippen molar-refractivity contribution in [2.45, 2.75) is 57.9 Å². The minimum absolute atomic E-state index is 0.00569. The van der Waals surface area contributed by atoms with Gasteiger partial charge >= 0.3 is 0 Å². The number of piperidine rings is 2. The van der Waals surface area contributed by atoms with E-state index < -0.39 is 5.41 Å². The number of anilines is 1. The molecule has 0 aliphatic carbocycles. The van der Waals surface area contributed by atoms with Gasteiger partial charge in [-0.2, -0.15) is 0 Å². The number of aromatic nitrogens is 2. The van der Waals surface area contributed by atoms with Crippen LogP contribution in [0, 0.1) is 11.3 Å². The Hall–Kier alpha value is -2.71. The van der Waals surface area contributed by atoms with Crippen molar-refractivity contribution < 1.29 is 14.4 Å². The van der Waals surface area contributed by atoms with Gasteiger partial charge in [-0.1, -0.05) is 12.8 Å². The van der Waals surface area contributed by atoms with E-state index in [1.54, 1.807) is 19.3 Å². The fraction of sp³-hybridized carbons (Fsp3) is 0.696. The largest absolute Gasteiger partial charge is 0.351 e. The minimum atomic E-state index is -0.485. The van der Waals surface area contributed by atoms with Crippen molar-refractivity contribution >= 4 is 23.7 Å². The average Bonchev–Trinajstić information content (AvgIpc) is 2.81. The number of carbonyl (C=O) groups excluding carboxylic acids is 3. The van der Waals surface area contributed by atoms with E-state index in [9.17, 15) is 14.4 Å². The van der Waals surface area contributed by atoms with Crippen molar-refractivity contribution in [3.05, 3.63) is 18.5 Å². The first-order valence-corrected chi connectivity index (χ1v) is 11.8. The van der Waals surface area contributed by atoms with Gasteiger partial charge in [0.2, 0.25) is 23.7 Å². The van der Waals surface area contributed by atoms with E-state index in [1.807, 2.05) is 11.0 Å². The van der Waals surface area contributed by atoms with Crippen LogP contribution in [-0.2, 0) is 14.4 Å². The number of nitrogens with zero attached hydrogens (tertiary/aromatic N) is 4. The van der Waals surface area contributed by atoms with Gasteiger partial charge < -0.3 is 20.4 Å². The van der Waals surface area contributed by atoms with E-state index in [4.69, 9.17) is 0 Å². The summed E-state index contributed by atoms with van der Waals surface area (Å²) in [7, 11) is 0. The maximum Gasteiger partial charge on any atom is 0.239 e. The molecule has 1 spiro atoms. The summed E-state index contributed by atoms with van der Waals surface area (Å²) in [5, 5.41) is 6.07. The Kier molecular flexibility index (Phi) is 6.91. The van der Waals surface area contributed by atoms with Crippen LogP contribution in [0.1, 0.15) is 51.9 Å². The van der Waals surface area contributed by atoms with Gasteiger partial charge in [0.25, 0.3) is 0 Å². The maximum atomic E-state index is 13.1.